The van der Waals surface area contributed by atoms with Crippen LogP contribution in [0.15, 0.2) is 0 Å². The van der Waals surface area contributed by atoms with Crippen molar-refractivity contribution in [3.63, 3.8) is 0 Å². The summed E-state index contributed by atoms with van der Waals surface area (Å²) in [5, 5.41) is 2.63. The number of hydrogen-bond donors (Lipinski definition) is 2. The van der Waals surface area contributed by atoms with Crippen molar-refractivity contribution in [1.82, 2.24) is 10.2 Å². The molecular formula is C11H25N3O2. The summed E-state index contributed by atoms with van der Waals surface area (Å²) in [6.07, 6.45) is 0.439. The maximum Gasteiger partial charge on any atom is 0.221 e. The molecular weight excluding hydrogens is 206 g/mol. The number of nitrogens with one attached hydrogen (secondary N) is 1. The van der Waals surface area contributed by atoms with Crippen LogP contribution >= 0.6 is 0 Å². The molecule has 0 aromatic heterocycles. The lowest BCUT2D eigenvalue weighted by molar-refractivity contribution is -0.122. The minimum atomic E-state index is 0.0264. The van der Waals surface area contributed by atoms with Gasteiger partial charge >= 0.3 is 0 Å². The molecule has 0 aromatic rings. The first-order chi connectivity index (χ1) is 7.60. The van der Waals surface area contributed by atoms with E-state index in [2.05, 4.69) is 24.1 Å². The summed E-state index contributed by atoms with van der Waals surface area (Å²) in [5.41, 5.74) is 5.72. The van der Waals surface area contributed by atoms with E-state index < -0.39 is 0 Å². The van der Waals surface area contributed by atoms with Crippen LogP contribution in [0.4, 0.5) is 0 Å². The Morgan fingerprint density at radius 3 is 2.56 bits per heavy atom. The molecule has 16 heavy (non-hydrogen) atoms. The van der Waals surface area contributed by atoms with Crippen LogP contribution in [-0.2, 0) is 9.53 Å². The highest BCUT2D eigenvalue weighted by atomic mass is 16.5. The number of carbonyl (C=O) groups excluding carboxylic acids is 1. The SMILES string of the molecule is CCN(C(C)COC)C(CN)CC(=O)NC. The standard InChI is InChI=1S/C11H25N3O2/c1-5-14(9(2)8-16-4)10(7-12)6-11(15)13-3/h9-10H,5-8,12H2,1-4H3,(H,13,15). The van der Waals surface area contributed by atoms with Crippen LogP contribution in [0.5, 0.6) is 0 Å². The number of amides is 1. The van der Waals surface area contributed by atoms with E-state index in [-0.39, 0.29) is 18.0 Å². The number of nitrogens with two attached hydrogens (primary N) is 1. The lowest BCUT2D eigenvalue weighted by Gasteiger charge is -2.34. The number of likely N-dealkylation sites (N-methyl/N-ethyl adjacent to an activating group) is 1. The molecule has 5 nitrogen and oxygen atoms in total. The highest BCUT2D eigenvalue weighted by molar-refractivity contribution is 5.76. The van der Waals surface area contributed by atoms with Gasteiger partial charge in [0, 0.05) is 39.2 Å². The summed E-state index contributed by atoms with van der Waals surface area (Å²) < 4.78 is 5.13. The maximum atomic E-state index is 11.4. The van der Waals surface area contributed by atoms with E-state index >= 15 is 0 Å². The fourth-order valence-electron chi connectivity index (χ4n) is 1.92. The minimum Gasteiger partial charge on any atom is -0.383 e. The van der Waals surface area contributed by atoms with Gasteiger partial charge < -0.3 is 15.8 Å². The Balaban J connectivity index is 4.42. The van der Waals surface area contributed by atoms with Crippen LogP contribution in [0.2, 0.25) is 0 Å². The van der Waals surface area contributed by atoms with Crippen LogP contribution in [0.25, 0.3) is 0 Å². The molecule has 0 spiro atoms. The van der Waals surface area contributed by atoms with Gasteiger partial charge in [0.2, 0.25) is 5.91 Å². The van der Waals surface area contributed by atoms with E-state index in [1.807, 2.05) is 0 Å². The smallest absolute Gasteiger partial charge is 0.221 e. The molecule has 3 N–H and O–H groups in total. The molecule has 5 heteroatoms. The van der Waals surface area contributed by atoms with Gasteiger partial charge in [0.25, 0.3) is 0 Å². The van der Waals surface area contributed by atoms with Crippen molar-refractivity contribution >= 4 is 5.91 Å². The second kappa shape index (κ2) is 8.50. The molecule has 0 heterocycles. The van der Waals surface area contributed by atoms with Crippen molar-refractivity contribution in [3.8, 4) is 0 Å². The fraction of sp³-hybridized carbons (Fsp3) is 0.909. The number of hydrogen-bond acceptors (Lipinski definition) is 4. The third-order valence-corrected chi connectivity index (χ3v) is 2.78. The van der Waals surface area contributed by atoms with Gasteiger partial charge in [-0.3, -0.25) is 9.69 Å². The van der Waals surface area contributed by atoms with E-state index in [1.165, 1.54) is 0 Å². The van der Waals surface area contributed by atoms with E-state index in [0.29, 0.717) is 19.6 Å². The van der Waals surface area contributed by atoms with E-state index in [1.54, 1.807) is 14.2 Å². The van der Waals surface area contributed by atoms with Gasteiger partial charge in [-0.05, 0) is 13.5 Å². The van der Waals surface area contributed by atoms with Gasteiger partial charge in [-0.2, -0.15) is 0 Å². The molecule has 2 unspecified atom stereocenters. The van der Waals surface area contributed by atoms with Gasteiger partial charge in [-0.15, -0.1) is 0 Å². The maximum absolute atomic E-state index is 11.4. The van der Waals surface area contributed by atoms with Crippen LogP contribution in [0.1, 0.15) is 20.3 Å². The first kappa shape index (κ1) is 15.3. The van der Waals surface area contributed by atoms with Crippen molar-refractivity contribution in [2.75, 3.05) is 33.9 Å². The largest absolute Gasteiger partial charge is 0.383 e. The van der Waals surface area contributed by atoms with Crippen molar-refractivity contribution < 1.29 is 9.53 Å². The van der Waals surface area contributed by atoms with E-state index in [4.69, 9.17) is 10.5 Å². The number of methoxy groups -OCH3 is 1. The fourth-order valence-corrected chi connectivity index (χ4v) is 1.92. The zero-order valence-electron chi connectivity index (χ0n) is 10.8. The molecule has 0 rings (SSSR count). The van der Waals surface area contributed by atoms with Gasteiger partial charge in [-0.25, -0.2) is 0 Å². The summed E-state index contributed by atoms with van der Waals surface area (Å²) in [7, 11) is 3.32. The Bertz CT molecular complexity index is 200. The Kier molecular flexibility index (Phi) is 8.15. The molecule has 0 bridgehead atoms. The third kappa shape index (κ3) is 4.92. The Hall–Kier alpha value is -0.650. The van der Waals surface area contributed by atoms with Crippen LogP contribution in [0.3, 0.4) is 0 Å². The number of carbonyl (C=O) groups is 1. The average Bonchev–Trinajstić information content (AvgIpc) is 2.28. The topological polar surface area (TPSA) is 67.6 Å². The molecule has 0 fully saturated rings. The van der Waals surface area contributed by atoms with Crippen molar-refractivity contribution in [3.05, 3.63) is 0 Å². The van der Waals surface area contributed by atoms with Gasteiger partial charge in [0.05, 0.1) is 6.61 Å². The molecule has 96 valence electrons. The van der Waals surface area contributed by atoms with Gasteiger partial charge in [0.15, 0.2) is 0 Å². The van der Waals surface area contributed by atoms with Gasteiger partial charge in [0.1, 0.15) is 0 Å². The second-order valence-electron chi connectivity index (χ2n) is 3.90. The van der Waals surface area contributed by atoms with E-state index in [0.717, 1.165) is 6.54 Å². The summed E-state index contributed by atoms with van der Waals surface area (Å²) in [6, 6.07) is 0.350. The molecule has 0 radical (unpaired) electrons. The molecule has 2 atom stereocenters. The summed E-state index contributed by atoms with van der Waals surface area (Å²) in [5.74, 6) is 0.0264. The molecule has 0 aliphatic rings. The molecule has 0 aliphatic carbocycles. The zero-order valence-corrected chi connectivity index (χ0v) is 10.8. The van der Waals surface area contributed by atoms with Crippen LogP contribution in [0, 0.1) is 0 Å². The highest BCUT2D eigenvalue weighted by Gasteiger charge is 2.22. The Morgan fingerprint density at radius 2 is 2.19 bits per heavy atom. The molecule has 1 amide bonds. The second-order valence-corrected chi connectivity index (χ2v) is 3.90. The summed E-state index contributed by atoms with van der Waals surface area (Å²) in [4.78, 5) is 13.6. The number of rotatable bonds is 8. The predicted octanol–water partition coefficient (Wildman–Crippen LogP) is -0.193. The van der Waals surface area contributed by atoms with Gasteiger partial charge in [-0.1, -0.05) is 6.92 Å². The lowest BCUT2D eigenvalue weighted by atomic mass is 10.1. The monoisotopic (exact) mass is 231 g/mol. The Labute approximate surface area is 98.3 Å². The van der Waals surface area contributed by atoms with Crippen molar-refractivity contribution in [2.45, 2.75) is 32.4 Å². The third-order valence-electron chi connectivity index (χ3n) is 2.78. The van der Waals surface area contributed by atoms with Crippen LogP contribution in [-0.4, -0.2) is 56.7 Å². The zero-order chi connectivity index (χ0) is 12.6. The number of ether oxygens (including phenoxy) is 1. The van der Waals surface area contributed by atoms with E-state index in [9.17, 15) is 4.79 Å². The average molecular weight is 231 g/mol. The van der Waals surface area contributed by atoms with Crippen molar-refractivity contribution in [2.24, 2.45) is 5.73 Å². The Morgan fingerprint density at radius 1 is 1.56 bits per heavy atom. The number of nitrogens with zero attached hydrogens (tertiary/aromatic N) is 1. The highest BCUT2D eigenvalue weighted by Crippen LogP contribution is 2.08. The summed E-state index contributed by atoms with van der Waals surface area (Å²) in [6.45, 7) is 6.15. The molecule has 0 aromatic carbocycles. The lowest BCUT2D eigenvalue weighted by Crippen LogP contribution is -2.49. The first-order valence-corrected chi connectivity index (χ1v) is 5.75. The normalized spacial score (nSPS) is 14.9. The van der Waals surface area contributed by atoms with Crippen molar-refractivity contribution in [1.29, 1.82) is 0 Å². The predicted molar refractivity (Wildman–Crippen MR) is 65.2 cm³/mol. The molecule has 0 aliphatic heterocycles. The quantitative estimate of drug-likeness (QED) is 0.607. The summed E-state index contributed by atoms with van der Waals surface area (Å²) >= 11 is 0. The molecule has 0 saturated carbocycles. The minimum absolute atomic E-state index is 0.0264. The van der Waals surface area contributed by atoms with Crippen LogP contribution < -0.4 is 11.1 Å². The first-order valence-electron chi connectivity index (χ1n) is 5.75. The molecule has 0 saturated heterocycles.